The highest BCUT2D eigenvalue weighted by molar-refractivity contribution is 7.47. The van der Waals surface area contributed by atoms with Crippen molar-refractivity contribution in [3.63, 3.8) is 0 Å². The first-order valence-corrected chi connectivity index (χ1v) is 27.0. The first-order chi connectivity index (χ1) is 31.6. The van der Waals surface area contributed by atoms with Crippen LogP contribution in [0.5, 0.6) is 0 Å². The van der Waals surface area contributed by atoms with Crippen LogP contribution in [0, 0.1) is 0 Å². The highest BCUT2D eigenvalue weighted by Gasteiger charge is 2.54. The number of aliphatic hydroxyl groups excluding tert-OH is 4. The summed E-state index contributed by atoms with van der Waals surface area (Å²) in [6, 6.07) is 0. The number of hydrogen-bond acceptors (Lipinski definition) is 14. The molecular formula is C47H80O17P2. The van der Waals surface area contributed by atoms with Gasteiger partial charge in [0.2, 0.25) is 0 Å². The molecule has 380 valence electrons. The van der Waals surface area contributed by atoms with Gasteiger partial charge in [-0.15, -0.1) is 0 Å². The summed E-state index contributed by atoms with van der Waals surface area (Å²) in [6.45, 7) is 2.92. The van der Waals surface area contributed by atoms with Crippen LogP contribution in [-0.4, -0.2) is 115 Å². The van der Waals surface area contributed by atoms with Gasteiger partial charge in [0.1, 0.15) is 43.2 Å². The summed E-state index contributed by atoms with van der Waals surface area (Å²) in [5.41, 5.74) is 0. The van der Waals surface area contributed by atoms with Gasteiger partial charge in [0.25, 0.3) is 0 Å². The molecule has 2 rings (SSSR count). The van der Waals surface area contributed by atoms with E-state index in [1.165, 1.54) is 19.3 Å². The first kappa shape index (κ1) is 59.8. The summed E-state index contributed by atoms with van der Waals surface area (Å²) in [5, 5.41) is 41.3. The molecule has 7 N–H and O–H groups in total. The van der Waals surface area contributed by atoms with E-state index in [0.29, 0.717) is 25.0 Å². The zero-order valence-electron chi connectivity index (χ0n) is 39.0. The third-order valence-electron chi connectivity index (χ3n) is 11.0. The van der Waals surface area contributed by atoms with Crippen molar-refractivity contribution in [3.05, 3.63) is 60.8 Å². The topological polar surface area (TPSA) is 269 Å². The molecule has 0 spiro atoms. The van der Waals surface area contributed by atoms with Gasteiger partial charge in [-0.05, 0) is 77.0 Å². The van der Waals surface area contributed by atoms with Gasteiger partial charge < -0.3 is 49.3 Å². The van der Waals surface area contributed by atoms with E-state index in [1.54, 1.807) is 0 Å². The number of carbonyl (C=O) groups is 2. The molecular weight excluding hydrogens is 898 g/mol. The van der Waals surface area contributed by atoms with Gasteiger partial charge in [-0.2, -0.15) is 0 Å². The Labute approximate surface area is 392 Å². The standard InChI is InChI=1S/C47H80O17P2/c1-3-5-7-9-11-12-13-14-15-16-17-18-19-20-21-25-29-33-40(48)59-35-37(36-60-66(57,58)64-47-44(52)42(50)43(51)46(45(47)53)63-65(54,55)56)61-41(49)34-30-26-22-24-28-32-39-38(62-39)31-27-23-10-8-6-4-2/h5,7,11-12,14-15,17-18,23,27,37-39,42-47,50-53H,3-4,6,8-10,13,16,19-22,24-26,28-36H2,1-2H3,(H,57,58)(H2,54,55,56)/b7-5-,12-11-,15-14-,18-17-,27-23-/t37-,38?,39?,42?,43?,44?,45?,46-,47+/m1/s1. The predicted molar refractivity (Wildman–Crippen MR) is 250 cm³/mol. The average molecular weight is 979 g/mol. The van der Waals surface area contributed by atoms with E-state index in [2.05, 4.69) is 79.1 Å². The molecule has 1 aliphatic heterocycles. The van der Waals surface area contributed by atoms with Crippen LogP contribution in [0.2, 0.25) is 0 Å². The molecule has 0 radical (unpaired) electrons. The van der Waals surface area contributed by atoms with Gasteiger partial charge in [-0.1, -0.05) is 126 Å². The van der Waals surface area contributed by atoms with Crippen LogP contribution in [-0.2, 0) is 46.5 Å². The molecule has 1 saturated heterocycles. The molecule has 1 heterocycles. The Morgan fingerprint density at radius 2 is 1.11 bits per heavy atom. The number of allylic oxidation sites excluding steroid dienone is 9. The molecule has 66 heavy (non-hydrogen) atoms. The van der Waals surface area contributed by atoms with Crippen molar-refractivity contribution < 1.29 is 81.6 Å². The molecule has 19 heteroatoms. The summed E-state index contributed by atoms with van der Waals surface area (Å²) in [5.74, 6) is -1.26. The quantitative estimate of drug-likeness (QED) is 0.0101. The van der Waals surface area contributed by atoms with E-state index < -0.39 is 83.5 Å². The van der Waals surface area contributed by atoms with Gasteiger partial charge in [0.05, 0.1) is 18.8 Å². The Morgan fingerprint density at radius 1 is 0.576 bits per heavy atom. The minimum absolute atomic E-state index is 0.0126. The SMILES string of the molecule is CC/C=C\C/C=C\C/C=C\C/C=C\CCCCCCC(=O)OC[C@H](COP(=O)(O)O[C@H]1C(O)C(O)C(O)[C@@H](OP(=O)(O)O)C1O)OC(=O)CCCCCCCC1OC1C/C=C\CCCCC. The van der Waals surface area contributed by atoms with Crippen molar-refractivity contribution in [3.8, 4) is 0 Å². The number of unbranched alkanes of at least 4 members (excludes halogenated alkanes) is 11. The largest absolute Gasteiger partial charge is 0.472 e. The van der Waals surface area contributed by atoms with E-state index in [4.69, 9.17) is 23.3 Å². The normalized spacial score (nSPS) is 25.1. The molecule has 7 unspecified atom stereocenters. The van der Waals surface area contributed by atoms with E-state index in [0.717, 1.165) is 96.3 Å². The van der Waals surface area contributed by atoms with E-state index in [9.17, 15) is 53.8 Å². The number of hydrogen-bond donors (Lipinski definition) is 7. The summed E-state index contributed by atoms with van der Waals surface area (Å²) in [4.78, 5) is 54.4. The van der Waals surface area contributed by atoms with E-state index in [1.807, 2.05) is 0 Å². The van der Waals surface area contributed by atoms with Crippen molar-refractivity contribution in [2.75, 3.05) is 13.2 Å². The molecule has 0 bridgehead atoms. The lowest BCUT2D eigenvalue weighted by molar-refractivity contribution is -0.216. The predicted octanol–water partition coefficient (Wildman–Crippen LogP) is 8.05. The van der Waals surface area contributed by atoms with E-state index in [-0.39, 0.29) is 12.8 Å². The van der Waals surface area contributed by atoms with Crippen LogP contribution in [0.1, 0.15) is 155 Å². The Bertz CT molecular complexity index is 1580. The molecule has 0 aromatic rings. The fraction of sp³-hybridized carbons (Fsp3) is 0.745. The number of aliphatic hydroxyl groups is 4. The second kappa shape index (κ2) is 34.9. The fourth-order valence-electron chi connectivity index (χ4n) is 7.20. The monoisotopic (exact) mass is 978 g/mol. The van der Waals surface area contributed by atoms with Gasteiger partial charge in [-0.3, -0.25) is 23.2 Å². The number of epoxide rings is 1. The lowest BCUT2D eigenvalue weighted by atomic mass is 9.85. The Balaban J connectivity index is 1.81. The van der Waals surface area contributed by atoms with Crippen molar-refractivity contribution in [2.24, 2.45) is 0 Å². The maximum atomic E-state index is 13.0. The lowest BCUT2D eigenvalue weighted by Gasteiger charge is -2.43. The molecule has 1 saturated carbocycles. The third-order valence-corrected chi connectivity index (χ3v) is 12.5. The van der Waals surface area contributed by atoms with Crippen molar-refractivity contribution >= 4 is 27.6 Å². The molecule has 0 aromatic carbocycles. The minimum Gasteiger partial charge on any atom is -0.462 e. The third kappa shape index (κ3) is 28.2. The number of phosphoric ester groups is 2. The second-order valence-electron chi connectivity index (χ2n) is 16.8. The number of esters is 2. The fourth-order valence-corrected chi connectivity index (χ4v) is 8.74. The first-order valence-electron chi connectivity index (χ1n) is 24.0. The Kier molecular flexibility index (Phi) is 31.6. The summed E-state index contributed by atoms with van der Waals surface area (Å²) < 4.78 is 55.2. The van der Waals surface area contributed by atoms with Gasteiger partial charge in [0.15, 0.2) is 6.10 Å². The number of rotatable bonds is 38. The number of carbonyl (C=O) groups excluding carboxylic acids is 2. The van der Waals surface area contributed by atoms with Crippen molar-refractivity contribution in [2.45, 2.75) is 210 Å². The maximum Gasteiger partial charge on any atom is 0.472 e. The second-order valence-corrected chi connectivity index (χ2v) is 19.4. The zero-order valence-corrected chi connectivity index (χ0v) is 40.8. The highest BCUT2D eigenvalue weighted by Crippen LogP contribution is 2.49. The average Bonchev–Trinajstić information content (AvgIpc) is 4.03. The molecule has 1 aliphatic carbocycles. The van der Waals surface area contributed by atoms with Gasteiger partial charge in [-0.25, -0.2) is 9.13 Å². The van der Waals surface area contributed by atoms with Crippen molar-refractivity contribution in [1.82, 2.24) is 0 Å². The van der Waals surface area contributed by atoms with Crippen LogP contribution in [0.25, 0.3) is 0 Å². The molecule has 2 fully saturated rings. The summed E-state index contributed by atoms with van der Waals surface area (Å²) in [6.07, 6.45) is 26.2. The number of phosphoric acid groups is 2. The summed E-state index contributed by atoms with van der Waals surface area (Å²) in [7, 11) is -10.7. The zero-order chi connectivity index (χ0) is 48.6. The molecule has 17 nitrogen and oxygen atoms in total. The number of ether oxygens (including phenoxy) is 3. The van der Waals surface area contributed by atoms with Crippen LogP contribution in [0.15, 0.2) is 60.8 Å². The van der Waals surface area contributed by atoms with E-state index >= 15 is 0 Å². The van der Waals surface area contributed by atoms with Crippen LogP contribution >= 0.6 is 15.6 Å². The van der Waals surface area contributed by atoms with Gasteiger partial charge in [0, 0.05) is 12.8 Å². The minimum atomic E-state index is -5.37. The molecule has 0 amide bonds. The Hall–Kier alpha value is -2.34. The summed E-state index contributed by atoms with van der Waals surface area (Å²) >= 11 is 0. The van der Waals surface area contributed by atoms with Crippen LogP contribution in [0.4, 0.5) is 0 Å². The van der Waals surface area contributed by atoms with Crippen LogP contribution < -0.4 is 0 Å². The molecule has 0 aromatic heterocycles. The highest BCUT2D eigenvalue weighted by atomic mass is 31.2. The van der Waals surface area contributed by atoms with Crippen molar-refractivity contribution in [1.29, 1.82) is 0 Å². The maximum absolute atomic E-state index is 13.0. The molecule has 2 aliphatic rings. The Morgan fingerprint density at radius 3 is 1.73 bits per heavy atom. The smallest absolute Gasteiger partial charge is 0.462 e. The van der Waals surface area contributed by atoms with Crippen LogP contribution in [0.3, 0.4) is 0 Å². The molecule has 10 atom stereocenters. The lowest BCUT2D eigenvalue weighted by Crippen LogP contribution is -2.64. The van der Waals surface area contributed by atoms with Gasteiger partial charge >= 0.3 is 27.6 Å².